The second kappa shape index (κ2) is 12.7. The Hall–Kier alpha value is -1.89. The summed E-state index contributed by atoms with van der Waals surface area (Å²) in [6.45, 7) is 11.4. The number of ether oxygens (including phenoxy) is 3. The third-order valence-corrected chi connectivity index (χ3v) is 5.64. The van der Waals surface area contributed by atoms with Crippen LogP contribution in [-0.4, -0.2) is 48.4 Å². The van der Waals surface area contributed by atoms with Crippen molar-refractivity contribution in [2.75, 3.05) is 13.2 Å². The summed E-state index contributed by atoms with van der Waals surface area (Å²) in [5, 5.41) is 10.3. The summed E-state index contributed by atoms with van der Waals surface area (Å²) in [7, 11) is 0. The molecule has 1 N–H and O–H groups in total. The molecule has 0 aromatic rings. The molecule has 0 radical (unpaired) electrons. The van der Waals surface area contributed by atoms with E-state index < -0.39 is 23.6 Å². The first-order chi connectivity index (χ1) is 14.1. The summed E-state index contributed by atoms with van der Waals surface area (Å²) in [5.74, 6) is -0.890. The Balaban J connectivity index is 2.17. The maximum atomic E-state index is 12.0. The molecule has 0 bridgehead atoms. The molecule has 0 aromatic heterocycles. The van der Waals surface area contributed by atoms with Gasteiger partial charge in [-0.2, -0.15) is 0 Å². The number of carbonyl (C=O) groups excluding carboxylic acids is 3. The van der Waals surface area contributed by atoms with Crippen molar-refractivity contribution in [1.82, 2.24) is 0 Å². The van der Waals surface area contributed by atoms with Crippen LogP contribution in [0.2, 0.25) is 0 Å². The molecule has 1 aliphatic carbocycles. The second-order valence-electron chi connectivity index (χ2n) is 8.84. The maximum absolute atomic E-state index is 12.0. The van der Waals surface area contributed by atoms with Gasteiger partial charge < -0.3 is 19.3 Å². The number of aliphatic hydroxyl groups is 1. The van der Waals surface area contributed by atoms with E-state index in [0.29, 0.717) is 37.9 Å². The van der Waals surface area contributed by atoms with Crippen LogP contribution in [0.25, 0.3) is 0 Å². The first-order valence-electron chi connectivity index (χ1n) is 10.9. The van der Waals surface area contributed by atoms with Crippen LogP contribution >= 0.6 is 0 Å². The van der Waals surface area contributed by atoms with Crippen molar-refractivity contribution < 1.29 is 33.7 Å². The van der Waals surface area contributed by atoms with E-state index in [2.05, 4.69) is 6.58 Å². The first-order valence-corrected chi connectivity index (χ1v) is 10.9. The van der Waals surface area contributed by atoms with E-state index in [1.165, 1.54) is 0 Å². The van der Waals surface area contributed by atoms with Gasteiger partial charge >= 0.3 is 17.9 Å². The lowest BCUT2D eigenvalue weighted by Gasteiger charge is -2.32. The van der Waals surface area contributed by atoms with Crippen molar-refractivity contribution in [2.45, 2.75) is 91.3 Å². The Morgan fingerprint density at radius 3 is 2.40 bits per heavy atom. The molecule has 0 saturated heterocycles. The normalized spacial score (nSPS) is 21.6. The van der Waals surface area contributed by atoms with Crippen LogP contribution in [0.4, 0.5) is 0 Å². The summed E-state index contributed by atoms with van der Waals surface area (Å²) in [6.07, 6.45) is 3.55. The monoisotopic (exact) mass is 426 g/mol. The third-order valence-electron chi connectivity index (χ3n) is 5.64. The Kier molecular flexibility index (Phi) is 11.1. The molecule has 0 spiro atoms. The number of esters is 3. The first kappa shape index (κ1) is 26.1. The van der Waals surface area contributed by atoms with E-state index in [0.717, 1.165) is 19.3 Å². The van der Waals surface area contributed by atoms with Crippen LogP contribution in [0.1, 0.15) is 79.1 Å². The number of hydrogen-bond donors (Lipinski definition) is 1. The lowest BCUT2D eigenvalue weighted by molar-refractivity contribution is -0.160. The molecule has 1 aliphatic rings. The molecular formula is C23H38O7. The molecule has 0 heterocycles. The van der Waals surface area contributed by atoms with Crippen LogP contribution in [0.15, 0.2) is 12.2 Å². The van der Waals surface area contributed by atoms with Crippen molar-refractivity contribution in [1.29, 1.82) is 0 Å². The molecular weight excluding hydrogens is 388 g/mol. The second-order valence-corrected chi connectivity index (χ2v) is 8.84. The van der Waals surface area contributed by atoms with E-state index in [1.54, 1.807) is 6.92 Å². The minimum Gasteiger partial charge on any atom is -0.465 e. The number of aliphatic hydroxyl groups excluding tert-OH is 1. The Bertz CT molecular complexity index is 596. The van der Waals surface area contributed by atoms with Gasteiger partial charge in [0.15, 0.2) is 0 Å². The van der Waals surface area contributed by atoms with Gasteiger partial charge in [-0.05, 0) is 71.6 Å². The molecule has 0 aromatic carbocycles. The molecule has 7 nitrogen and oxygen atoms in total. The van der Waals surface area contributed by atoms with Crippen LogP contribution in [0, 0.1) is 11.3 Å². The van der Waals surface area contributed by atoms with E-state index in [-0.39, 0.29) is 30.9 Å². The standard InChI is InChI=1S/C23H38O7/c1-6-23(4,5)22(27)28-13-9-7-8-10-20(25)30-19-12-11-17(14-18(19)24)15-29-21(26)16(2)3/h17-19,24H,2,6-15H2,1,3-5H3. The highest BCUT2D eigenvalue weighted by Gasteiger charge is 2.32. The van der Waals surface area contributed by atoms with Gasteiger partial charge in [0, 0.05) is 12.0 Å². The van der Waals surface area contributed by atoms with Gasteiger partial charge in [0.1, 0.15) is 6.10 Å². The van der Waals surface area contributed by atoms with Crippen molar-refractivity contribution in [3.05, 3.63) is 12.2 Å². The molecule has 30 heavy (non-hydrogen) atoms. The van der Waals surface area contributed by atoms with Gasteiger partial charge in [-0.15, -0.1) is 0 Å². The van der Waals surface area contributed by atoms with Crippen molar-refractivity contribution in [2.24, 2.45) is 11.3 Å². The minimum atomic E-state index is -0.752. The third kappa shape index (κ3) is 9.28. The topological polar surface area (TPSA) is 99.1 Å². The highest BCUT2D eigenvalue weighted by atomic mass is 16.6. The Morgan fingerprint density at radius 2 is 1.80 bits per heavy atom. The lowest BCUT2D eigenvalue weighted by atomic mass is 9.86. The van der Waals surface area contributed by atoms with E-state index in [4.69, 9.17) is 14.2 Å². The van der Waals surface area contributed by atoms with Crippen LogP contribution < -0.4 is 0 Å². The zero-order valence-electron chi connectivity index (χ0n) is 18.9. The van der Waals surface area contributed by atoms with E-state index in [1.807, 2.05) is 20.8 Å². The summed E-state index contributed by atoms with van der Waals surface area (Å²) in [6, 6.07) is 0. The predicted octanol–water partition coefficient (Wildman–Crippen LogP) is 3.72. The minimum absolute atomic E-state index is 0.0543. The average Bonchev–Trinajstić information content (AvgIpc) is 2.70. The average molecular weight is 427 g/mol. The predicted molar refractivity (Wildman–Crippen MR) is 112 cm³/mol. The van der Waals surface area contributed by atoms with Gasteiger partial charge in [0.05, 0.1) is 24.7 Å². The van der Waals surface area contributed by atoms with E-state index in [9.17, 15) is 19.5 Å². The number of unbranched alkanes of at least 4 members (excludes halogenated alkanes) is 2. The molecule has 172 valence electrons. The smallest absolute Gasteiger partial charge is 0.333 e. The van der Waals surface area contributed by atoms with Crippen LogP contribution in [0.3, 0.4) is 0 Å². The molecule has 1 saturated carbocycles. The van der Waals surface area contributed by atoms with Gasteiger partial charge in [0.2, 0.25) is 0 Å². The summed E-state index contributed by atoms with van der Waals surface area (Å²) in [4.78, 5) is 35.4. The lowest BCUT2D eigenvalue weighted by Crippen LogP contribution is -2.38. The van der Waals surface area contributed by atoms with Gasteiger partial charge in [-0.1, -0.05) is 13.5 Å². The Labute approximate surface area is 180 Å². The fourth-order valence-corrected chi connectivity index (χ4v) is 3.09. The largest absolute Gasteiger partial charge is 0.465 e. The van der Waals surface area contributed by atoms with E-state index >= 15 is 0 Å². The zero-order valence-corrected chi connectivity index (χ0v) is 18.9. The molecule has 0 aliphatic heterocycles. The number of hydrogen-bond acceptors (Lipinski definition) is 7. The molecule has 3 atom stereocenters. The summed E-state index contributed by atoms with van der Waals surface area (Å²) in [5.41, 5.74) is -0.114. The van der Waals surface area contributed by atoms with Crippen LogP contribution in [-0.2, 0) is 28.6 Å². The van der Waals surface area contributed by atoms with Gasteiger partial charge in [0.25, 0.3) is 0 Å². The van der Waals surface area contributed by atoms with Crippen molar-refractivity contribution in [3.63, 3.8) is 0 Å². The number of rotatable bonds is 12. The highest BCUT2D eigenvalue weighted by Crippen LogP contribution is 2.27. The molecule has 1 fully saturated rings. The fraction of sp³-hybridized carbons (Fsp3) is 0.783. The van der Waals surface area contributed by atoms with Crippen molar-refractivity contribution in [3.8, 4) is 0 Å². The summed E-state index contributed by atoms with van der Waals surface area (Å²) >= 11 is 0. The van der Waals surface area contributed by atoms with Crippen LogP contribution in [0.5, 0.6) is 0 Å². The zero-order chi connectivity index (χ0) is 22.7. The highest BCUT2D eigenvalue weighted by molar-refractivity contribution is 5.86. The molecule has 0 amide bonds. The van der Waals surface area contributed by atoms with Crippen molar-refractivity contribution >= 4 is 17.9 Å². The van der Waals surface area contributed by atoms with Gasteiger partial charge in [-0.3, -0.25) is 9.59 Å². The maximum Gasteiger partial charge on any atom is 0.333 e. The summed E-state index contributed by atoms with van der Waals surface area (Å²) < 4.78 is 15.8. The number of carbonyl (C=O) groups is 3. The molecule has 1 rings (SSSR count). The molecule has 3 unspecified atom stereocenters. The SMILES string of the molecule is C=C(C)C(=O)OCC1CCC(OC(=O)CCCCCOC(=O)C(C)(C)CC)C(O)C1. The fourth-order valence-electron chi connectivity index (χ4n) is 3.09. The Morgan fingerprint density at radius 1 is 1.10 bits per heavy atom. The quantitative estimate of drug-likeness (QED) is 0.220. The molecule has 7 heteroatoms. The van der Waals surface area contributed by atoms with Gasteiger partial charge in [-0.25, -0.2) is 4.79 Å².